The number of carbonyl (C=O) groups is 6. The van der Waals surface area contributed by atoms with Crippen LogP contribution < -0.4 is 28.3 Å². The molecule has 7 aliphatic rings. The zero-order valence-electron chi connectivity index (χ0n) is 81.5. The van der Waals surface area contributed by atoms with E-state index in [9.17, 15) is 97.1 Å². The number of carbonyl (C=O) groups excluding carboxylic acids is 3. The summed E-state index contributed by atoms with van der Waals surface area (Å²) in [5.41, 5.74) is 11.3. The summed E-state index contributed by atoms with van der Waals surface area (Å²) in [6, 6.07) is 39.9. The van der Waals surface area contributed by atoms with Gasteiger partial charge in [0.15, 0.2) is 0 Å². The number of cyclic esters (lactones) is 3. The van der Waals surface area contributed by atoms with Gasteiger partial charge in [-0.1, -0.05) is 71.3 Å². The number of nitrogens with zero attached hydrogens (tertiary/aromatic N) is 12. The minimum Gasteiger partial charge on any atom is -0.496 e. The smallest absolute Gasteiger partial charge is 0.416 e. The Balaban J connectivity index is 0.000000151. The number of benzene rings is 9. The average molecular weight is 2050 g/mol. The van der Waals surface area contributed by atoms with E-state index in [1.807, 2.05) is 44.2 Å². The number of hydrogen-bond acceptors (Lipinski definition) is 23. The molecule has 19 rings (SSSR count). The molecule has 1 aliphatic carbocycles. The lowest BCUT2D eigenvalue weighted by Crippen LogP contribution is -2.51. The summed E-state index contributed by atoms with van der Waals surface area (Å²) in [7, 11) is 0.868. The fraction of sp³-hybridized carbons (Fsp3) is 0.327. The van der Waals surface area contributed by atoms with Crippen molar-refractivity contribution < 1.29 is 126 Å². The molecule has 0 spiro atoms. The van der Waals surface area contributed by atoms with Crippen LogP contribution in [0.15, 0.2) is 182 Å². The van der Waals surface area contributed by atoms with Crippen LogP contribution in [0.4, 0.5) is 71.7 Å². The van der Waals surface area contributed by atoms with Gasteiger partial charge in [0.25, 0.3) is 0 Å². The predicted molar refractivity (Wildman–Crippen MR) is 522 cm³/mol. The number of alkyl halides is 9. The van der Waals surface area contributed by atoms with Crippen molar-refractivity contribution in [3.05, 3.63) is 283 Å². The molecule has 3 aromatic heterocycles. The summed E-state index contributed by atoms with van der Waals surface area (Å²) < 4.78 is 184. The van der Waals surface area contributed by atoms with Crippen molar-refractivity contribution in [1.82, 2.24) is 44.6 Å². The minimum atomic E-state index is -4.60. The van der Waals surface area contributed by atoms with E-state index in [0.29, 0.717) is 133 Å². The number of aromatic nitrogens is 6. The van der Waals surface area contributed by atoms with E-state index >= 15 is 0 Å². The third-order valence-electron chi connectivity index (χ3n) is 27.5. The topological polar surface area (TPSA) is 370 Å². The SMILES string of the molecule is COc1ccc(-c2ccc(C(=O)O)cc2C)cc1-c1cnc(N2CC(O)C2)nc1CN1C(=O)O[C@H](c2cc(C)cc(C(F)(F)F)c2)[C@@H]1C.COc1ccc(-c2ccc(C(=O)O)cc2C)cc1-c1cnc(N2CC3CC3C2)nc1CN1C(=O)O[C@H](c2cc(C)cc(C(F)(F)F)c2)[C@@H]1C.COc1ccc(-c2ccc(C(=O)O)cc2C)cc1-c1cnc(N2CCCS2(=O)=O)nc1CN1C(=O)O[C@H](c2cc(C)cc(C(F)(F)F)c2)[C@@H]1C. The molecule has 0 bridgehead atoms. The number of methoxy groups -OCH3 is 3. The third-order valence-corrected chi connectivity index (χ3v) is 29.3. The molecule has 6 aliphatic heterocycles. The summed E-state index contributed by atoms with van der Waals surface area (Å²) in [6.07, 6.45) is -12.9. The number of halogens is 9. The first-order chi connectivity index (χ1) is 69.6. The highest BCUT2D eigenvalue weighted by molar-refractivity contribution is 7.93. The molecule has 147 heavy (non-hydrogen) atoms. The molecular weight excluding hydrogens is 1940 g/mol. The van der Waals surface area contributed by atoms with Crippen LogP contribution >= 0.6 is 0 Å². The molecule has 766 valence electrons. The highest BCUT2D eigenvalue weighted by Crippen LogP contribution is 2.50. The first-order valence-corrected chi connectivity index (χ1v) is 48.5. The molecular formula is C107H101F9N12O18S. The van der Waals surface area contributed by atoms with Crippen LogP contribution in [-0.4, -0.2) is 194 Å². The second-order valence-electron chi connectivity index (χ2n) is 37.7. The number of anilines is 3. The highest BCUT2D eigenvalue weighted by atomic mass is 32.2. The second-order valence-corrected chi connectivity index (χ2v) is 39.7. The molecule has 9 aromatic carbocycles. The summed E-state index contributed by atoms with van der Waals surface area (Å²) in [5.74, 6) is 0.340. The number of amides is 3. The van der Waals surface area contributed by atoms with Crippen molar-refractivity contribution in [2.24, 2.45) is 11.8 Å². The van der Waals surface area contributed by atoms with Crippen molar-refractivity contribution >= 4 is 64.1 Å². The first-order valence-electron chi connectivity index (χ1n) is 46.9. The molecule has 7 fully saturated rings. The number of aromatic carboxylic acids is 3. The Hall–Kier alpha value is -15.5. The van der Waals surface area contributed by atoms with Crippen LogP contribution in [-0.2, 0) is 62.4 Å². The molecule has 2 unspecified atom stereocenters. The van der Waals surface area contributed by atoms with Gasteiger partial charge in [-0.05, 0) is 263 Å². The number of piperidine rings is 1. The lowest BCUT2D eigenvalue weighted by Gasteiger charge is -2.36. The molecule has 30 nitrogen and oxygen atoms in total. The maximum atomic E-state index is 13.7. The van der Waals surface area contributed by atoms with Crippen molar-refractivity contribution in [3.63, 3.8) is 0 Å². The lowest BCUT2D eigenvalue weighted by atomic mass is 9.94. The summed E-state index contributed by atoms with van der Waals surface area (Å²) in [5, 5.41) is 38.2. The van der Waals surface area contributed by atoms with E-state index in [1.165, 1.54) is 60.6 Å². The van der Waals surface area contributed by atoms with Gasteiger partial charge in [0.1, 0.15) is 35.6 Å². The van der Waals surface area contributed by atoms with E-state index in [2.05, 4.69) is 19.9 Å². The Kier molecular flexibility index (Phi) is 28.4. The van der Waals surface area contributed by atoms with Crippen LogP contribution in [0.5, 0.6) is 17.2 Å². The average Bonchev–Trinajstić information content (AvgIpc) is 1.47. The maximum absolute atomic E-state index is 13.7. The summed E-state index contributed by atoms with van der Waals surface area (Å²) >= 11 is 0. The lowest BCUT2D eigenvalue weighted by molar-refractivity contribution is -0.138. The molecule has 12 aromatic rings. The van der Waals surface area contributed by atoms with Gasteiger partial charge in [0.2, 0.25) is 27.9 Å². The van der Waals surface area contributed by atoms with Crippen LogP contribution in [0.3, 0.4) is 0 Å². The normalized spacial score (nSPS) is 19.5. The molecule has 8 atom stereocenters. The van der Waals surface area contributed by atoms with Gasteiger partial charge in [-0.2, -0.15) is 39.5 Å². The number of fused-ring (bicyclic) bond motifs is 1. The minimum absolute atomic E-state index is 0.0136. The zero-order chi connectivity index (χ0) is 105. The summed E-state index contributed by atoms with van der Waals surface area (Å²) in [4.78, 5) is 111. The second kappa shape index (κ2) is 40.5. The zero-order valence-corrected chi connectivity index (χ0v) is 82.3. The Labute approximate surface area is 838 Å². The number of rotatable bonds is 24. The maximum Gasteiger partial charge on any atom is 0.416 e. The fourth-order valence-corrected chi connectivity index (χ4v) is 21.2. The quantitative estimate of drug-likeness (QED) is 0.0322. The van der Waals surface area contributed by atoms with E-state index in [-0.39, 0.29) is 77.0 Å². The van der Waals surface area contributed by atoms with Gasteiger partial charge in [0.05, 0.1) is 121 Å². The van der Waals surface area contributed by atoms with Gasteiger partial charge < -0.3 is 58.6 Å². The van der Waals surface area contributed by atoms with Gasteiger partial charge in [-0.25, -0.2) is 71.4 Å². The van der Waals surface area contributed by atoms with Gasteiger partial charge >= 0.3 is 54.7 Å². The molecule has 3 amide bonds. The largest absolute Gasteiger partial charge is 0.496 e. The standard InChI is InChI=1S/C37H35F3N4O5.C35H33F3N4O7S.C35H33F3N4O6/c1-19-9-24(13-27(10-19)37(38,39)40)33-21(3)44(36(47)49-33)18-31-30(15-41-35(42-31)43-16-25-12-26(25)17-43)29-14-22(6-8-32(29)48-4)28-7-5-23(34(45)46)11-20(28)2;1-19-12-24(15-25(13-19)35(36,37)38)31-21(3)41(34(45)49-31)18-29-28(17-39-33(40-29)42-10-5-11-50(42,46)47)27-16-22(7-9-30(27)48-4)26-8-6-23(32(43)44)14-20(26)2;1-18-9-23(12-24(10-18)35(36,37)38)31-20(3)42(34(46)48-31)17-29-28(14-39-33(40-29)41-15-25(43)16-41)27-13-21(6-8-30(27)47-4)26-7-5-22(32(44)45)11-19(26)2/h5-11,13-15,21,25-26,33H,12,16-18H2,1-4H3,(H,45,46);6-9,12-17,21,31H,5,10-11,18H2,1-4H3,(H,43,44);5-14,20,25,31,43H,15-17H2,1-4H3,(H,44,45)/t21-,25?,26?,33-;21-,31-;20-,31-/m000/s1. The van der Waals surface area contributed by atoms with Gasteiger partial charge in [-0.3, -0.25) is 14.7 Å². The van der Waals surface area contributed by atoms with Gasteiger partial charge in [-0.15, -0.1) is 0 Å². The number of sulfonamides is 1. The first kappa shape index (κ1) is 103. The number of hydrogen-bond donors (Lipinski definition) is 4. The Bertz CT molecular complexity index is 7360. The number of aryl methyl sites for hydroxylation is 6. The molecule has 6 saturated heterocycles. The van der Waals surface area contributed by atoms with Crippen LogP contribution in [0.2, 0.25) is 0 Å². The fourth-order valence-electron chi connectivity index (χ4n) is 19.7. The Morgan fingerprint density at radius 1 is 0.401 bits per heavy atom. The summed E-state index contributed by atoms with van der Waals surface area (Å²) in [6.45, 7) is 17.5. The van der Waals surface area contributed by atoms with E-state index < -0.39 is 124 Å². The van der Waals surface area contributed by atoms with Crippen LogP contribution in [0.25, 0.3) is 66.8 Å². The molecule has 1 saturated carbocycles. The number of aliphatic hydroxyl groups is 1. The number of ether oxygens (including phenoxy) is 6. The van der Waals surface area contributed by atoms with Gasteiger partial charge in [0, 0.05) is 84.7 Å². The monoisotopic (exact) mass is 2040 g/mol. The highest BCUT2D eigenvalue weighted by Gasteiger charge is 2.49. The predicted octanol–water partition coefficient (Wildman–Crippen LogP) is 20.9. The van der Waals surface area contributed by atoms with Crippen molar-refractivity contribution in [1.29, 1.82) is 0 Å². The van der Waals surface area contributed by atoms with Crippen LogP contribution in [0.1, 0.15) is 167 Å². The van der Waals surface area contributed by atoms with Crippen molar-refractivity contribution in [2.75, 3.05) is 73.9 Å². The van der Waals surface area contributed by atoms with E-state index in [1.54, 1.807) is 151 Å². The van der Waals surface area contributed by atoms with Crippen molar-refractivity contribution in [2.45, 2.75) is 156 Å². The third kappa shape index (κ3) is 21.5. The number of carboxylic acids is 3. The number of β-amino-alcohol motifs (C(OH)–C–C–N with tert-alkyl or cyclic N) is 1. The van der Waals surface area contributed by atoms with Crippen molar-refractivity contribution in [3.8, 4) is 84.0 Å². The van der Waals surface area contributed by atoms with E-state index in [4.69, 9.17) is 43.4 Å². The van der Waals surface area contributed by atoms with Crippen LogP contribution in [0, 0.1) is 53.4 Å². The molecule has 40 heteroatoms. The Morgan fingerprint density at radius 2 is 0.707 bits per heavy atom. The number of aliphatic hydroxyl groups excluding tert-OH is 1. The number of carboxylic acid groups (broad SMARTS) is 3. The van der Waals surface area contributed by atoms with E-state index in [0.717, 1.165) is 92.7 Å². The molecule has 0 radical (unpaired) electrons. The Morgan fingerprint density at radius 3 is 0.986 bits per heavy atom. The molecule has 9 heterocycles. The molecule has 4 N–H and O–H groups in total.